The third-order valence-corrected chi connectivity index (χ3v) is 5.72. The van der Waals surface area contributed by atoms with Crippen LogP contribution in [0.1, 0.15) is 63.5 Å². The van der Waals surface area contributed by atoms with Crippen molar-refractivity contribution in [2.45, 2.75) is 69.5 Å². The summed E-state index contributed by atoms with van der Waals surface area (Å²) in [7, 11) is 0. The van der Waals surface area contributed by atoms with Crippen LogP contribution in [0.5, 0.6) is 0 Å². The molecule has 0 unspecified atom stereocenters. The summed E-state index contributed by atoms with van der Waals surface area (Å²) in [6.07, 6.45) is 7.96. The van der Waals surface area contributed by atoms with Crippen molar-refractivity contribution in [1.82, 2.24) is 14.1 Å². The summed E-state index contributed by atoms with van der Waals surface area (Å²) in [6, 6.07) is 1.20. The number of halogens is 1. The molecule has 0 bridgehead atoms. The predicted octanol–water partition coefficient (Wildman–Crippen LogP) is 2.25. The van der Waals surface area contributed by atoms with Crippen LogP contribution in [0, 0.1) is 5.82 Å². The van der Waals surface area contributed by atoms with Crippen LogP contribution >= 0.6 is 0 Å². The largest absolute Gasteiger partial charge is 0.333 e. The molecule has 2 heterocycles. The second-order valence-corrected chi connectivity index (χ2v) is 7.36. The topological polar surface area (TPSA) is 82.9 Å². The first-order valence-electron chi connectivity index (χ1n) is 9.14. The number of fused-ring (bicyclic) bond motifs is 1. The van der Waals surface area contributed by atoms with Gasteiger partial charge in [0.15, 0.2) is 0 Å². The minimum absolute atomic E-state index is 0.0330. The number of pyridine rings is 1. The van der Waals surface area contributed by atoms with Gasteiger partial charge in [0, 0.05) is 18.1 Å². The second kappa shape index (κ2) is 6.37. The number of hydrogen-bond donors (Lipinski definition) is 1. The van der Waals surface area contributed by atoms with E-state index in [9.17, 15) is 14.0 Å². The molecule has 25 heavy (non-hydrogen) atoms. The summed E-state index contributed by atoms with van der Waals surface area (Å²) >= 11 is 0. The second-order valence-electron chi connectivity index (χ2n) is 7.36. The molecule has 0 amide bonds. The summed E-state index contributed by atoms with van der Waals surface area (Å²) in [5.74, 6) is -0.557. The van der Waals surface area contributed by atoms with Crippen LogP contribution in [-0.2, 0) is 0 Å². The number of nitrogens with two attached hydrogens (primary N) is 1. The van der Waals surface area contributed by atoms with Crippen LogP contribution < -0.4 is 17.0 Å². The first kappa shape index (κ1) is 16.4. The molecular formula is C18H23FN4O2. The Balaban J connectivity index is 1.96. The summed E-state index contributed by atoms with van der Waals surface area (Å²) in [5.41, 5.74) is 5.54. The standard InChI is InChI=1S/C18H23FN4O2/c19-11-9-15-16(21-10-11)22(13-3-1-2-4-13)18(25)23(17(15)24)14-7-5-12(20)6-8-14/h9-10,12-14H,1-8,20H2/t12-,14+. The van der Waals surface area contributed by atoms with E-state index >= 15 is 0 Å². The molecule has 2 N–H and O–H groups in total. The average molecular weight is 346 g/mol. The quantitative estimate of drug-likeness (QED) is 0.904. The lowest BCUT2D eigenvalue weighted by atomic mass is 9.91. The Bertz CT molecular complexity index is 906. The van der Waals surface area contributed by atoms with E-state index in [1.165, 1.54) is 10.6 Å². The molecule has 0 radical (unpaired) electrons. The van der Waals surface area contributed by atoms with E-state index in [4.69, 9.17) is 5.73 Å². The van der Waals surface area contributed by atoms with Crippen LogP contribution in [0.25, 0.3) is 11.0 Å². The van der Waals surface area contributed by atoms with Gasteiger partial charge in [-0.2, -0.15) is 0 Å². The van der Waals surface area contributed by atoms with Crippen LogP contribution in [0.4, 0.5) is 4.39 Å². The van der Waals surface area contributed by atoms with Crippen molar-refractivity contribution in [3.8, 4) is 0 Å². The summed E-state index contributed by atoms with van der Waals surface area (Å²) in [6.45, 7) is 0. The van der Waals surface area contributed by atoms with E-state index in [1.54, 1.807) is 4.57 Å². The maximum absolute atomic E-state index is 13.7. The van der Waals surface area contributed by atoms with E-state index in [-0.39, 0.29) is 29.2 Å². The third-order valence-electron chi connectivity index (χ3n) is 5.72. The van der Waals surface area contributed by atoms with Crippen LogP contribution in [-0.4, -0.2) is 20.2 Å². The molecule has 6 nitrogen and oxygen atoms in total. The van der Waals surface area contributed by atoms with Gasteiger partial charge >= 0.3 is 5.69 Å². The van der Waals surface area contributed by atoms with E-state index < -0.39 is 11.4 Å². The third kappa shape index (κ3) is 2.80. The van der Waals surface area contributed by atoms with E-state index in [0.717, 1.165) is 44.7 Å². The predicted molar refractivity (Wildman–Crippen MR) is 93.2 cm³/mol. The summed E-state index contributed by atoms with van der Waals surface area (Å²) in [4.78, 5) is 30.3. The van der Waals surface area contributed by atoms with Gasteiger partial charge in [-0.15, -0.1) is 0 Å². The van der Waals surface area contributed by atoms with Gasteiger partial charge in [0.05, 0.1) is 11.6 Å². The van der Waals surface area contributed by atoms with Gasteiger partial charge in [-0.3, -0.25) is 13.9 Å². The van der Waals surface area contributed by atoms with Gasteiger partial charge in [0.1, 0.15) is 11.5 Å². The maximum atomic E-state index is 13.7. The summed E-state index contributed by atoms with van der Waals surface area (Å²) < 4.78 is 16.7. The fourth-order valence-electron chi connectivity index (χ4n) is 4.38. The maximum Gasteiger partial charge on any atom is 0.333 e. The Labute approximate surface area is 144 Å². The molecule has 4 rings (SSSR count). The molecule has 2 aliphatic rings. The highest BCUT2D eigenvalue weighted by atomic mass is 19.1. The molecule has 2 fully saturated rings. The van der Waals surface area contributed by atoms with Gasteiger partial charge in [-0.1, -0.05) is 12.8 Å². The summed E-state index contributed by atoms with van der Waals surface area (Å²) in [5, 5.41) is 0.196. The van der Waals surface area contributed by atoms with Crippen LogP contribution in [0.2, 0.25) is 0 Å². The van der Waals surface area contributed by atoms with Gasteiger partial charge in [-0.25, -0.2) is 14.2 Å². The lowest BCUT2D eigenvalue weighted by Crippen LogP contribution is -2.45. The lowest BCUT2D eigenvalue weighted by Gasteiger charge is -2.28. The Kier molecular flexibility index (Phi) is 4.19. The molecule has 2 saturated carbocycles. The normalized spacial score (nSPS) is 24.9. The highest BCUT2D eigenvalue weighted by Crippen LogP contribution is 2.31. The number of rotatable bonds is 2. The molecule has 0 spiro atoms. The van der Waals surface area contributed by atoms with E-state index in [2.05, 4.69) is 4.98 Å². The first-order chi connectivity index (χ1) is 12.1. The van der Waals surface area contributed by atoms with Gasteiger partial charge in [-0.05, 0) is 44.6 Å². The average Bonchev–Trinajstić information content (AvgIpc) is 3.11. The van der Waals surface area contributed by atoms with Gasteiger partial charge < -0.3 is 5.73 Å². The van der Waals surface area contributed by atoms with Gasteiger partial charge in [0.2, 0.25) is 0 Å². The van der Waals surface area contributed by atoms with Crippen LogP contribution in [0.3, 0.4) is 0 Å². The molecule has 2 aromatic rings. The fourth-order valence-corrected chi connectivity index (χ4v) is 4.38. The Morgan fingerprint density at radius 2 is 1.64 bits per heavy atom. The van der Waals surface area contributed by atoms with Crippen molar-refractivity contribution in [3.63, 3.8) is 0 Å². The van der Waals surface area contributed by atoms with Crippen molar-refractivity contribution < 1.29 is 4.39 Å². The fraction of sp³-hybridized carbons (Fsp3) is 0.611. The molecule has 7 heteroatoms. The minimum atomic E-state index is -0.557. The zero-order valence-electron chi connectivity index (χ0n) is 14.2. The molecule has 0 aliphatic heterocycles. The van der Waals surface area contributed by atoms with E-state index in [1.807, 2.05) is 0 Å². The number of hydrogen-bond acceptors (Lipinski definition) is 4. The molecule has 0 aromatic carbocycles. The van der Waals surface area contributed by atoms with Gasteiger partial charge in [0.25, 0.3) is 5.56 Å². The van der Waals surface area contributed by atoms with Crippen molar-refractivity contribution in [1.29, 1.82) is 0 Å². The Hall–Kier alpha value is -2.02. The van der Waals surface area contributed by atoms with Crippen molar-refractivity contribution in [2.24, 2.45) is 5.73 Å². The molecule has 134 valence electrons. The highest BCUT2D eigenvalue weighted by molar-refractivity contribution is 5.73. The molecular weight excluding hydrogens is 323 g/mol. The lowest BCUT2D eigenvalue weighted by molar-refractivity contribution is 0.303. The van der Waals surface area contributed by atoms with E-state index in [0.29, 0.717) is 18.5 Å². The smallest absolute Gasteiger partial charge is 0.328 e. The van der Waals surface area contributed by atoms with Crippen molar-refractivity contribution >= 4 is 11.0 Å². The number of nitrogens with zero attached hydrogens (tertiary/aromatic N) is 3. The molecule has 2 aromatic heterocycles. The SMILES string of the molecule is N[C@H]1CC[C@@H](n2c(=O)c3cc(F)cnc3n(C3CCCC3)c2=O)CC1. The van der Waals surface area contributed by atoms with Crippen molar-refractivity contribution in [3.05, 3.63) is 38.9 Å². The minimum Gasteiger partial charge on any atom is -0.328 e. The van der Waals surface area contributed by atoms with Crippen molar-refractivity contribution in [2.75, 3.05) is 0 Å². The first-order valence-corrected chi connectivity index (χ1v) is 9.14. The molecule has 0 saturated heterocycles. The number of aromatic nitrogens is 3. The Morgan fingerprint density at radius 3 is 2.32 bits per heavy atom. The highest BCUT2D eigenvalue weighted by Gasteiger charge is 2.28. The van der Waals surface area contributed by atoms with Crippen LogP contribution in [0.15, 0.2) is 21.9 Å². The molecule has 0 atom stereocenters. The Morgan fingerprint density at radius 1 is 1.00 bits per heavy atom. The zero-order valence-corrected chi connectivity index (χ0v) is 14.2. The molecule has 2 aliphatic carbocycles. The zero-order chi connectivity index (χ0) is 17.6. The monoisotopic (exact) mass is 346 g/mol.